The van der Waals surface area contributed by atoms with E-state index in [-0.39, 0.29) is 30.5 Å². The van der Waals surface area contributed by atoms with E-state index in [1.165, 1.54) is 17.0 Å². The molecule has 1 unspecified atom stereocenters. The van der Waals surface area contributed by atoms with Gasteiger partial charge in [-0.25, -0.2) is 4.98 Å². The first-order valence-corrected chi connectivity index (χ1v) is 8.54. The number of imidazole rings is 1. The predicted octanol–water partition coefficient (Wildman–Crippen LogP) is 2.81. The lowest BCUT2D eigenvalue weighted by atomic mass is 10.1. The van der Waals surface area contributed by atoms with Crippen LogP contribution in [0.25, 0.3) is 0 Å². The molecule has 0 saturated carbocycles. The van der Waals surface area contributed by atoms with Crippen LogP contribution in [0.4, 0.5) is 13.2 Å². The van der Waals surface area contributed by atoms with Gasteiger partial charge in [-0.2, -0.15) is 13.2 Å². The lowest BCUT2D eigenvalue weighted by Crippen LogP contribution is -2.33. The molecule has 1 fully saturated rings. The van der Waals surface area contributed by atoms with Gasteiger partial charge in [0.25, 0.3) is 0 Å². The number of carbonyl (C=O) groups excluding carboxylic acids is 1. The van der Waals surface area contributed by atoms with Crippen LogP contribution < -0.4 is 5.32 Å². The van der Waals surface area contributed by atoms with E-state index in [1.807, 2.05) is 17.7 Å². The van der Waals surface area contributed by atoms with E-state index >= 15 is 0 Å². The summed E-state index contributed by atoms with van der Waals surface area (Å²) in [5.41, 5.74) is -0.565. The van der Waals surface area contributed by atoms with Crippen LogP contribution >= 0.6 is 0 Å². The maximum absolute atomic E-state index is 13.1. The Kier molecular flexibility index (Phi) is 5.31. The molecule has 1 aliphatic heterocycles. The zero-order valence-corrected chi connectivity index (χ0v) is 14.5. The van der Waals surface area contributed by atoms with E-state index < -0.39 is 11.7 Å². The highest BCUT2D eigenvalue weighted by Gasteiger charge is 2.35. The summed E-state index contributed by atoms with van der Waals surface area (Å²) in [5, 5.41) is 3.28. The molecule has 0 aliphatic carbocycles. The summed E-state index contributed by atoms with van der Waals surface area (Å²) in [6.07, 6.45) is -0.535. The summed E-state index contributed by atoms with van der Waals surface area (Å²) in [6.45, 7) is 3.70. The highest BCUT2D eigenvalue weighted by Crippen LogP contribution is 2.32. The largest absolute Gasteiger partial charge is 0.416 e. The number of halogens is 3. The number of benzene rings is 1. The second-order valence-corrected chi connectivity index (χ2v) is 6.34. The van der Waals surface area contributed by atoms with E-state index in [4.69, 9.17) is 0 Å². The highest BCUT2D eigenvalue weighted by atomic mass is 19.4. The Morgan fingerprint density at radius 1 is 1.31 bits per heavy atom. The molecule has 0 bridgehead atoms. The van der Waals surface area contributed by atoms with Gasteiger partial charge in [0, 0.05) is 44.5 Å². The van der Waals surface area contributed by atoms with E-state index in [9.17, 15) is 18.0 Å². The van der Waals surface area contributed by atoms with Crippen LogP contribution in [-0.2, 0) is 30.6 Å². The number of likely N-dealkylation sites (tertiary alicyclic amines) is 1. The van der Waals surface area contributed by atoms with Crippen molar-refractivity contribution in [3.63, 3.8) is 0 Å². The fourth-order valence-electron chi connectivity index (χ4n) is 3.23. The average Bonchev–Trinajstić information content (AvgIpc) is 3.19. The molecule has 1 amide bonds. The molecule has 26 heavy (non-hydrogen) atoms. The third kappa shape index (κ3) is 4.07. The molecule has 2 heterocycles. The third-order valence-corrected chi connectivity index (χ3v) is 4.59. The minimum Gasteiger partial charge on any atom is -0.337 e. The summed E-state index contributed by atoms with van der Waals surface area (Å²) in [6, 6.07) is 5.30. The first-order valence-electron chi connectivity index (χ1n) is 8.54. The van der Waals surface area contributed by atoms with Crippen LogP contribution in [0, 0.1) is 0 Å². The van der Waals surface area contributed by atoms with Crippen LogP contribution in [0.1, 0.15) is 30.3 Å². The smallest absolute Gasteiger partial charge is 0.337 e. The third-order valence-electron chi connectivity index (χ3n) is 4.59. The topological polar surface area (TPSA) is 50.2 Å². The standard InChI is InChI=1S/C18H21F3N4O/c1-2-24-8-7-22-16(24)10-23-14-9-17(26)25(12-14)11-13-5-3-4-6-15(13)18(19,20)21/h3-8,14,23H,2,9-12H2,1H3. The fourth-order valence-corrected chi connectivity index (χ4v) is 3.23. The zero-order chi connectivity index (χ0) is 18.7. The van der Waals surface area contributed by atoms with E-state index in [0.29, 0.717) is 13.1 Å². The molecule has 1 N–H and O–H groups in total. The summed E-state index contributed by atoms with van der Waals surface area (Å²) >= 11 is 0. The number of amides is 1. The van der Waals surface area contributed by atoms with Crippen molar-refractivity contribution in [1.29, 1.82) is 0 Å². The maximum Gasteiger partial charge on any atom is 0.416 e. The van der Waals surface area contributed by atoms with Crippen molar-refractivity contribution in [2.24, 2.45) is 0 Å². The van der Waals surface area contributed by atoms with E-state index in [2.05, 4.69) is 10.3 Å². The van der Waals surface area contributed by atoms with Gasteiger partial charge in [-0.15, -0.1) is 0 Å². The first kappa shape index (κ1) is 18.4. The van der Waals surface area contributed by atoms with Crippen LogP contribution in [-0.4, -0.2) is 32.9 Å². The number of nitrogens with zero attached hydrogens (tertiary/aromatic N) is 3. The first-order chi connectivity index (χ1) is 12.4. The van der Waals surface area contributed by atoms with Gasteiger partial charge in [-0.1, -0.05) is 18.2 Å². The maximum atomic E-state index is 13.1. The summed E-state index contributed by atoms with van der Waals surface area (Å²) in [4.78, 5) is 18.0. The lowest BCUT2D eigenvalue weighted by Gasteiger charge is -2.20. The Bertz CT molecular complexity index is 772. The number of aromatic nitrogens is 2. The van der Waals surface area contributed by atoms with E-state index in [0.717, 1.165) is 18.4 Å². The molecule has 1 aromatic heterocycles. The van der Waals surface area contributed by atoms with Gasteiger partial charge >= 0.3 is 6.18 Å². The Morgan fingerprint density at radius 2 is 2.08 bits per heavy atom. The van der Waals surface area contributed by atoms with Crippen molar-refractivity contribution in [2.45, 2.75) is 45.2 Å². The van der Waals surface area contributed by atoms with Crippen molar-refractivity contribution >= 4 is 5.91 Å². The minimum absolute atomic E-state index is 0.0315. The van der Waals surface area contributed by atoms with Crippen molar-refractivity contribution in [1.82, 2.24) is 19.8 Å². The van der Waals surface area contributed by atoms with Gasteiger partial charge in [0.05, 0.1) is 12.1 Å². The Balaban J connectivity index is 1.62. The molecule has 1 aliphatic rings. The molecule has 1 saturated heterocycles. The van der Waals surface area contributed by atoms with Gasteiger partial charge in [0.2, 0.25) is 5.91 Å². The van der Waals surface area contributed by atoms with Crippen LogP contribution in [0.2, 0.25) is 0 Å². The normalized spacial score (nSPS) is 17.9. The number of rotatable bonds is 6. The number of carbonyl (C=O) groups is 1. The number of hydrogen-bond acceptors (Lipinski definition) is 3. The number of hydrogen-bond donors (Lipinski definition) is 1. The Labute approximate surface area is 149 Å². The quantitative estimate of drug-likeness (QED) is 0.855. The second kappa shape index (κ2) is 7.49. The zero-order valence-electron chi connectivity index (χ0n) is 14.5. The lowest BCUT2D eigenvalue weighted by molar-refractivity contribution is -0.139. The molecule has 0 radical (unpaired) electrons. The average molecular weight is 366 g/mol. The molecule has 1 aromatic carbocycles. The van der Waals surface area contributed by atoms with Gasteiger partial charge in [-0.05, 0) is 18.6 Å². The van der Waals surface area contributed by atoms with Crippen molar-refractivity contribution < 1.29 is 18.0 Å². The molecule has 140 valence electrons. The molecule has 1 atom stereocenters. The van der Waals surface area contributed by atoms with Crippen LogP contribution in [0.3, 0.4) is 0 Å². The van der Waals surface area contributed by atoms with Crippen LogP contribution in [0.15, 0.2) is 36.7 Å². The number of aryl methyl sites for hydroxylation is 1. The van der Waals surface area contributed by atoms with Gasteiger partial charge in [0.1, 0.15) is 5.82 Å². The molecule has 0 spiro atoms. The van der Waals surface area contributed by atoms with Crippen molar-refractivity contribution in [2.75, 3.05) is 6.54 Å². The second-order valence-electron chi connectivity index (χ2n) is 6.34. The predicted molar refractivity (Wildman–Crippen MR) is 90.0 cm³/mol. The molecule has 3 rings (SSSR count). The fraction of sp³-hybridized carbons (Fsp3) is 0.444. The molecule has 5 nitrogen and oxygen atoms in total. The van der Waals surface area contributed by atoms with Gasteiger partial charge < -0.3 is 14.8 Å². The molecule has 2 aromatic rings. The SMILES string of the molecule is CCn1ccnc1CNC1CC(=O)N(Cc2ccccc2C(F)(F)F)C1. The summed E-state index contributed by atoms with van der Waals surface area (Å²) in [5.74, 6) is 0.735. The summed E-state index contributed by atoms with van der Waals surface area (Å²) < 4.78 is 41.4. The highest BCUT2D eigenvalue weighted by molar-refractivity contribution is 5.79. The molecular formula is C18H21F3N4O. The molecule has 8 heteroatoms. The summed E-state index contributed by atoms with van der Waals surface area (Å²) in [7, 11) is 0. The number of nitrogens with one attached hydrogen (secondary N) is 1. The number of alkyl halides is 3. The minimum atomic E-state index is -4.42. The van der Waals surface area contributed by atoms with Gasteiger partial charge in [0.15, 0.2) is 0 Å². The Morgan fingerprint density at radius 3 is 2.81 bits per heavy atom. The monoisotopic (exact) mass is 366 g/mol. The van der Waals surface area contributed by atoms with Crippen molar-refractivity contribution in [3.05, 3.63) is 53.6 Å². The van der Waals surface area contributed by atoms with Crippen LogP contribution in [0.5, 0.6) is 0 Å². The van der Waals surface area contributed by atoms with Gasteiger partial charge in [-0.3, -0.25) is 4.79 Å². The Hall–Kier alpha value is -2.35. The van der Waals surface area contributed by atoms with E-state index in [1.54, 1.807) is 12.3 Å². The molecular weight excluding hydrogens is 345 g/mol. The van der Waals surface area contributed by atoms with Crippen molar-refractivity contribution in [3.8, 4) is 0 Å².